The molecule has 2 unspecified atom stereocenters. The van der Waals surface area contributed by atoms with Gasteiger partial charge < -0.3 is 5.32 Å². The van der Waals surface area contributed by atoms with Crippen molar-refractivity contribution in [1.29, 1.82) is 0 Å². The van der Waals surface area contributed by atoms with Gasteiger partial charge in [-0.3, -0.25) is 4.98 Å². The lowest BCUT2D eigenvalue weighted by molar-refractivity contribution is 0.407. The number of hydrogen-bond acceptors (Lipinski definition) is 2. The number of rotatable bonds is 4. The maximum absolute atomic E-state index is 4.58. The molecule has 0 saturated heterocycles. The SMILES string of the molecule is C=CCC(NC)C1CCCc2cccnc21. The lowest BCUT2D eigenvalue weighted by Gasteiger charge is -2.30. The molecule has 0 amide bonds. The molecule has 0 bridgehead atoms. The summed E-state index contributed by atoms with van der Waals surface area (Å²) < 4.78 is 0. The van der Waals surface area contributed by atoms with Gasteiger partial charge in [-0.25, -0.2) is 0 Å². The zero-order chi connectivity index (χ0) is 11.4. The Morgan fingerprint density at radius 3 is 3.31 bits per heavy atom. The molecule has 1 aromatic rings. The molecule has 0 fully saturated rings. The van der Waals surface area contributed by atoms with Crippen LogP contribution < -0.4 is 5.32 Å². The average molecular weight is 216 g/mol. The fourth-order valence-corrected chi connectivity index (χ4v) is 2.70. The van der Waals surface area contributed by atoms with Crippen LogP contribution in [0.4, 0.5) is 0 Å². The monoisotopic (exact) mass is 216 g/mol. The minimum absolute atomic E-state index is 0.478. The second-order valence-corrected chi connectivity index (χ2v) is 4.47. The highest BCUT2D eigenvalue weighted by molar-refractivity contribution is 5.27. The van der Waals surface area contributed by atoms with E-state index >= 15 is 0 Å². The van der Waals surface area contributed by atoms with E-state index in [9.17, 15) is 0 Å². The summed E-state index contributed by atoms with van der Waals surface area (Å²) in [7, 11) is 2.03. The summed E-state index contributed by atoms with van der Waals surface area (Å²) in [6, 6.07) is 4.74. The van der Waals surface area contributed by atoms with Crippen molar-refractivity contribution in [2.75, 3.05) is 7.05 Å². The van der Waals surface area contributed by atoms with Crippen LogP contribution in [0.3, 0.4) is 0 Å². The van der Waals surface area contributed by atoms with Crippen LogP contribution in [0.2, 0.25) is 0 Å². The fraction of sp³-hybridized carbons (Fsp3) is 0.500. The van der Waals surface area contributed by atoms with Crippen molar-refractivity contribution in [3.05, 3.63) is 42.2 Å². The third kappa shape index (κ3) is 2.17. The normalized spacial score (nSPS) is 21.2. The largest absolute Gasteiger partial charge is 0.316 e. The third-order valence-corrected chi connectivity index (χ3v) is 3.52. The molecule has 0 saturated carbocycles. The van der Waals surface area contributed by atoms with Gasteiger partial charge in [-0.05, 0) is 44.4 Å². The molecule has 86 valence electrons. The molecule has 0 aromatic carbocycles. The molecule has 1 aromatic heterocycles. The number of aryl methyl sites for hydroxylation is 1. The Labute approximate surface area is 97.8 Å². The minimum Gasteiger partial charge on any atom is -0.316 e. The highest BCUT2D eigenvalue weighted by Crippen LogP contribution is 2.33. The predicted octanol–water partition coefficient (Wildman–Crippen LogP) is 2.67. The van der Waals surface area contributed by atoms with Gasteiger partial charge in [-0.15, -0.1) is 6.58 Å². The molecule has 1 N–H and O–H groups in total. The average Bonchev–Trinajstić information content (AvgIpc) is 2.35. The van der Waals surface area contributed by atoms with E-state index in [2.05, 4.69) is 22.9 Å². The van der Waals surface area contributed by atoms with Crippen LogP contribution in [0.1, 0.15) is 36.4 Å². The number of pyridine rings is 1. The summed E-state index contributed by atoms with van der Waals surface area (Å²) in [4.78, 5) is 4.58. The summed E-state index contributed by atoms with van der Waals surface area (Å²) in [6.45, 7) is 3.84. The van der Waals surface area contributed by atoms with E-state index in [1.807, 2.05) is 25.4 Å². The van der Waals surface area contributed by atoms with Crippen molar-refractivity contribution >= 4 is 0 Å². The molecule has 0 spiro atoms. The zero-order valence-electron chi connectivity index (χ0n) is 9.95. The predicted molar refractivity (Wildman–Crippen MR) is 67.6 cm³/mol. The summed E-state index contributed by atoms with van der Waals surface area (Å²) in [5.74, 6) is 0.549. The Morgan fingerprint density at radius 1 is 1.69 bits per heavy atom. The second kappa shape index (κ2) is 5.26. The number of aromatic nitrogens is 1. The van der Waals surface area contributed by atoms with Gasteiger partial charge in [0.05, 0.1) is 0 Å². The Balaban J connectivity index is 2.26. The van der Waals surface area contributed by atoms with Gasteiger partial charge in [0.25, 0.3) is 0 Å². The first-order valence-corrected chi connectivity index (χ1v) is 6.08. The Bertz CT molecular complexity index is 360. The molecule has 2 heteroatoms. The van der Waals surface area contributed by atoms with Crippen molar-refractivity contribution in [3.8, 4) is 0 Å². The van der Waals surface area contributed by atoms with Crippen LogP contribution in [0.5, 0.6) is 0 Å². The van der Waals surface area contributed by atoms with Gasteiger partial charge in [0.1, 0.15) is 0 Å². The van der Waals surface area contributed by atoms with Crippen LogP contribution in [0.15, 0.2) is 31.0 Å². The molecule has 2 atom stereocenters. The highest BCUT2D eigenvalue weighted by Gasteiger charge is 2.27. The first kappa shape index (κ1) is 11.3. The lowest BCUT2D eigenvalue weighted by atomic mass is 9.81. The first-order chi connectivity index (χ1) is 7.86. The Morgan fingerprint density at radius 2 is 2.56 bits per heavy atom. The summed E-state index contributed by atoms with van der Waals surface area (Å²) in [6.07, 6.45) is 8.62. The van der Waals surface area contributed by atoms with Crippen molar-refractivity contribution in [2.45, 2.75) is 37.6 Å². The molecule has 1 aliphatic carbocycles. The molecule has 16 heavy (non-hydrogen) atoms. The van der Waals surface area contributed by atoms with Gasteiger partial charge >= 0.3 is 0 Å². The van der Waals surface area contributed by atoms with Crippen molar-refractivity contribution in [2.24, 2.45) is 0 Å². The standard InChI is InChI=1S/C14H20N2/c1-3-6-13(15-2)12-9-4-7-11-8-5-10-16-14(11)12/h3,5,8,10,12-13,15H,1,4,6-7,9H2,2H3. The van der Waals surface area contributed by atoms with Crippen LogP contribution >= 0.6 is 0 Å². The summed E-state index contributed by atoms with van der Waals surface area (Å²) in [5.41, 5.74) is 2.73. The number of likely N-dealkylation sites (N-methyl/N-ethyl adjacent to an activating group) is 1. The molecular weight excluding hydrogens is 196 g/mol. The number of nitrogens with one attached hydrogen (secondary N) is 1. The zero-order valence-corrected chi connectivity index (χ0v) is 9.95. The molecule has 0 aliphatic heterocycles. The van der Waals surface area contributed by atoms with E-state index in [-0.39, 0.29) is 0 Å². The summed E-state index contributed by atoms with van der Waals surface area (Å²) in [5, 5.41) is 3.40. The van der Waals surface area contributed by atoms with Crippen molar-refractivity contribution in [1.82, 2.24) is 10.3 Å². The minimum atomic E-state index is 0.478. The Hall–Kier alpha value is -1.15. The van der Waals surface area contributed by atoms with E-state index in [0.29, 0.717) is 12.0 Å². The molecular formula is C14H20N2. The van der Waals surface area contributed by atoms with Gasteiger partial charge in [0.2, 0.25) is 0 Å². The number of nitrogens with zero attached hydrogens (tertiary/aromatic N) is 1. The van der Waals surface area contributed by atoms with Gasteiger partial charge in [0.15, 0.2) is 0 Å². The van der Waals surface area contributed by atoms with Crippen LogP contribution in [-0.2, 0) is 6.42 Å². The Kier molecular flexibility index (Phi) is 3.73. The highest BCUT2D eigenvalue weighted by atomic mass is 14.9. The van der Waals surface area contributed by atoms with Gasteiger partial charge in [-0.1, -0.05) is 12.1 Å². The van der Waals surface area contributed by atoms with E-state index < -0.39 is 0 Å². The van der Waals surface area contributed by atoms with E-state index in [1.54, 1.807) is 0 Å². The maximum atomic E-state index is 4.58. The third-order valence-electron chi connectivity index (χ3n) is 3.52. The first-order valence-electron chi connectivity index (χ1n) is 6.08. The van der Waals surface area contributed by atoms with Crippen molar-refractivity contribution < 1.29 is 0 Å². The van der Waals surface area contributed by atoms with Crippen molar-refractivity contribution in [3.63, 3.8) is 0 Å². The topological polar surface area (TPSA) is 24.9 Å². The maximum Gasteiger partial charge on any atom is 0.0482 e. The van der Waals surface area contributed by atoms with E-state index in [0.717, 1.165) is 6.42 Å². The number of fused-ring (bicyclic) bond motifs is 1. The molecule has 1 heterocycles. The smallest absolute Gasteiger partial charge is 0.0482 e. The second-order valence-electron chi connectivity index (χ2n) is 4.47. The number of hydrogen-bond donors (Lipinski definition) is 1. The van der Waals surface area contributed by atoms with Gasteiger partial charge in [0, 0.05) is 23.9 Å². The van der Waals surface area contributed by atoms with E-state index in [1.165, 1.54) is 30.5 Å². The summed E-state index contributed by atoms with van der Waals surface area (Å²) >= 11 is 0. The van der Waals surface area contributed by atoms with E-state index in [4.69, 9.17) is 0 Å². The lowest BCUT2D eigenvalue weighted by Crippen LogP contribution is -2.34. The molecule has 0 radical (unpaired) electrons. The van der Waals surface area contributed by atoms with Crippen LogP contribution in [0, 0.1) is 0 Å². The molecule has 1 aliphatic rings. The molecule has 2 nitrogen and oxygen atoms in total. The van der Waals surface area contributed by atoms with Crippen LogP contribution in [-0.4, -0.2) is 18.1 Å². The quantitative estimate of drug-likeness (QED) is 0.783. The van der Waals surface area contributed by atoms with Crippen LogP contribution in [0.25, 0.3) is 0 Å². The molecule has 2 rings (SSSR count). The van der Waals surface area contributed by atoms with Gasteiger partial charge in [-0.2, -0.15) is 0 Å². The fourth-order valence-electron chi connectivity index (χ4n) is 2.70.